The molecule has 1 aliphatic heterocycles. The standard InChI is InChI=1S/C15H19N3.C9H9N.C2H6/c1-12-4-3-5-15-14(12)10-13(11-16-15)18-8-6-17(2)7-9-18;1-2-8-4-3-5-9(6-8)7-10;1-2/h3-5,10-11H,6-9H2,1-2H3;3-6H,2H2,1H3;1-2H3. The molecule has 30 heavy (non-hydrogen) atoms. The van der Waals surface area contributed by atoms with Gasteiger partial charge in [-0.25, -0.2) is 0 Å². The van der Waals surface area contributed by atoms with Crippen molar-refractivity contribution in [2.45, 2.75) is 34.1 Å². The van der Waals surface area contributed by atoms with Crippen molar-refractivity contribution in [3.63, 3.8) is 0 Å². The largest absolute Gasteiger partial charge is 0.368 e. The van der Waals surface area contributed by atoms with Gasteiger partial charge in [0.25, 0.3) is 0 Å². The Morgan fingerprint density at radius 2 is 1.70 bits per heavy atom. The van der Waals surface area contributed by atoms with Gasteiger partial charge in [-0.2, -0.15) is 5.26 Å². The summed E-state index contributed by atoms with van der Waals surface area (Å²) < 4.78 is 0. The Morgan fingerprint density at radius 1 is 1.00 bits per heavy atom. The van der Waals surface area contributed by atoms with Gasteiger partial charge in [0.15, 0.2) is 0 Å². The van der Waals surface area contributed by atoms with Crippen LogP contribution >= 0.6 is 0 Å². The highest BCUT2D eigenvalue weighted by molar-refractivity contribution is 5.84. The molecular formula is C26H34N4. The molecule has 4 nitrogen and oxygen atoms in total. The van der Waals surface area contributed by atoms with Crippen molar-refractivity contribution in [3.8, 4) is 6.07 Å². The SMILES string of the molecule is CC.CCc1cccc(C#N)c1.Cc1cccc2ncc(N3CCN(C)CC3)cc12. The van der Waals surface area contributed by atoms with Crippen LogP contribution in [-0.2, 0) is 6.42 Å². The molecule has 2 heterocycles. The number of pyridine rings is 1. The molecule has 0 unspecified atom stereocenters. The lowest BCUT2D eigenvalue weighted by molar-refractivity contribution is 0.313. The predicted octanol–water partition coefficient (Wildman–Crippen LogP) is 5.44. The molecule has 1 fully saturated rings. The summed E-state index contributed by atoms with van der Waals surface area (Å²) in [4.78, 5) is 9.38. The Hall–Kier alpha value is -2.90. The molecule has 0 saturated carbocycles. The van der Waals surface area contributed by atoms with Gasteiger partial charge in [-0.1, -0.05) is 45.0 Å². The normalized spacial score (nSPS) is 13.5. The monoisotopic (exact) mass is 402 g/mol. The van der Waals surface area contributed by atoms with E-state index in [-0.39, 0.29) is 0 Å². The molecule has 1 aliphatic rings. The summed E-state index contributed by atoms with van der Waals surface area (Å²) in [6.07, 6.45) is 3.00. The highest BCUT2D eigenvalue weighted by Crippen LogP contribution is 2.23. The molecule has 0 radical (unpaired) electrons. The number of fused-ring (bicyclic) bond motifs is 1. The quantitative estimate of drug-likeness (QED) is 0.572. The molecule has 4 rings (SSSR count). The first-order valence-corrected chi connectivity index (χ1v) is 10.9. The van der Waals surface area contributed by atoms with E-state index in [9.17, 15) is 0 Å². The number of hydrogen-bond donors (Lipinski definition) is 0. The number of benzene rings is 2. The van der Waals surface area contributed by atoms with Crippen molar-refractivity contribution < 1.29 is 0 Å². The fraction of sp³-hybridized carbons (Fsp3) is 0.385. The van der Waals surface area contributed by atoms with E-state index in [0.29, 0.717) is 0 Å². The topological polar surface area (TPSA) is 43.2 Å². The zero-order chi connectivity index (χ0) is 21.9. The van der Waals surface area contributed by atoms with E-state index in [2.05, 4.69) is 66.0 Å². The lowest BCUT2D eigenvalue weighted by Gasteiger charge is -2.33. The molecule has 0 amide bonds. The van der Waals surface area contributed by atoms with Crippen LogP contribution in [0.4, 0.5) is 5.69 Å². The Balaban J connectivity index is 0.000000228. The first kappa shape index (κ1) is 23.4. The minimum absolute atomic E-state index is 0.749. The fourth-order valence-corrected chi connectivity index (χ4v) is 3.38. The van der Waals surface area contributed by atoms with Crippen LogP contribution in [0.1, 0.15) is 37.5 Å². The van der Waals surface area contributed by atoms with Crippen molar-refractivity contribution >= 4 is 16.6 Å². The molecule has 1 saturated heterocycles. The van der Waals surface area contributed by atoms with Gasteiger partial charge in [-0.15, -0.1) is 0 Å². The van der Waals surface area contributed by atoms with Crippen LogP contribution < -0.4 is 4.90 Å². The van der Waals surface area contributed by atoms with Crippen LogP contribution in [-0.4, -0.2) is 43.1 Å². The lowest BCUT2D eigenvalue weighted by atomic mass is 10.1. The number of anilines is 1. The summed E-state index contributed by atoms with van der Waals surface area (Å²) in [6.45, 7) is 12.7. The summed E-state index contributed by atoms with van der Waals surface area (Å²) in [5.74, 6) is 0. The highest BCUT2D eigenvalue weighted by Gasteiger charge is 2.14. The van der Waals surface area contributed by atoms with Crippen LogP contribution in [0.2, 0.25) is 0 Å². The molecular weight excluding hydrogens is 368 g/mol. The molecule has 3 aromatic rings. The molecule has 4 heteroatoms. The third kappa shape index (κ3) is 6.30. The van der Waals surface area contributed by atoms with Gasteiger partial charge in [-0.05, 0) is 55.8 Å². The van der Waals surface area contributed by atoms with Gasteiger partial charge in [0.2, 0.25) is 0 Å². The summed E-state index contributed by atoms with van der Waals surface area (Å²) in [5, 5.41) is 9.78. The van der Waals surface area contributed by atoms with Crippen molar-refractivity contribution in [2.75, 3.05) is 38.1 Å². The van der Waals surface area contributed by atoms with E-state index >= 15 is 0 Å². The number of nitrogens with zero attached hydrogens (tertiary/aromatic N) is 4. The minimum atomic E-state index is 0.749. The van der Waals surface area contributed by atoms with Gasteiger partial charge in [0, 0.05) is 31.6 Å². The number of aromatic nitrogens is 1. The average Bonchev–Trinajstić information content (AvgIpc) is 2.81. The molecule has 0 atom stereocenters. The zero-order valence-corrected chi connectivity index (χ0v) is 19.0. The predicted molar refractivity (Wildman–Crippen MR) is 128 cm³/mol. The first-order valence-electron chi connectivity index (χ1n) is 10.9. The van der Waals surface area contributed by atoms with E-state index in [4.69, 9.17) is 5.26 Å². The number of piperazine rings is 1. The van der Waals surface area contributed by atoms with E-state index < -0.39 is 0 Å². The van der Waals surface area contributed by atoms with Gasteiger partial charge < -0.3 is 9.80 Å². The number of aryl methyl sites for hydroxylation is 2. The van der Waals surface area contributed by atoms with Crippen LogP contribution in [0.15, 0.2) is 54.7 Å². The average molecular weight is 403 g/mol. The molecule has 0 spiro atoms. The highest BCUT2D eigenvalue weighted by atomic mass is 15.2. The summed E-state index contributed by atoms with van der Waals surface area (Å²) in [7, 11) is 2.18. The number of likely N-dealkylation sites (N-methyl/N-ethyl adjacent to an activating group) is 1. The second kappa shape index (κ2) is 11.9. The van der Waals surface area contributed by atoms with Crippen molar-refractivity contribution in [3.05, 3.63) is 71.4 Å². The van der Waals surface area contributed by atoms with E-state index in [1.165, 1.54) is 22.2 Å². The molecule has 0 aliphatic carbocycles. The number of rotatable bonds is 2. The van der Waals surface area contributed by atoms with Crippen LogP contribution in [0.25, 0.3) is 10.9 Å². The molecule has 2 aromatic carbocycles. The third-order valence-corrected chi connectivity index (χ3v) is 5.26. The molecule has 1 aromatic heterocycles. The Labute approximate surface area is 181 Å². The van der Waals surface area contributed by atoms with E-state index in [1.807, 2.05) is 44.3 Å². The van der Waals surface area contributed by atoms with E-state index in [1.54, 1.807) is 0 Å². The zero-order valence-electron chi connectivity index (χ0n) is 19.0. The van der Waals surface area contributed by atoms with Gasteiger partial charge in [0.05, 0.1) is 29.0 Å². The van der Waals surface area contributed by atoms with Crippen molar-refractivity contribution in [1.82, 2.24) is 9.88 Å². The van der Waals surface area contributed by atoms with Crippen molar-refractivity contribution in [1.29, 1.82) is 5.26 Å². The van der Waals surface area contributed by atoms with Crippen LogP contribution in [0.5, 0.6) is 0 Å². The second-order valence-electron chi connectivity index (χ2n) is 7.29. The summed E-state index contributed by atoms with van der Waals surface area (Å²) >= 11 is 0. The Kier molecular flexibility index (Phi) is 9.31. The maximum atomic E-state index is 8.51. The Bertz CT molecular complexity index is 966. The van der Waals surface area contributed by atoms with Crippen LogP contribution in [0.3, 0.4) is 0 Å². The fourth-order valence-electron chi connectivity index (χ4n) is 3.38. The van der Waals surface area contributed by atoms with Gasteiger partial charge >= 0.3 is 0 Å². The maximum absolute atomic E-state index is 8.51. The molecule has 0 bridgehead atoms. The minimum Gasteiger partial charge on any atom is -0.368 e. The number of nitriles is 1. The summed E-state index contributed by atoms with van der Waals surface area (Å²) in [5.41, 5.74) is 5.62. The molecule has 0 N–H and O–H groups in total. The Morgan fingerprint density at radius 3 is 2.37 bits per heavy atom. The first-order chi connectivity index (χ1) is 14.6. The van der Waals surface area contributed by atoms with Crippen molar-refractivity contribution in [2.24, 2.45) is 0 Å². The van der Waals surface area contributed by atoms with Gasteiger partial charge in [-0.3, -0.25) is 4.98 Å². The smallest absolute Gasteiger partial charge is 0.0991 e. The van der Waals surface area contributed by atoms with Crippen LogP contribution in [0, 0.1) is 18.3 Å². The van der Waals surface area contributed by atoms with Gasteiger partial charge in [0.1, 0.15) is 0 Å². The third-order valence-electron chi connectivity index (χ3n) is 5.26. The maximum Gasteiger partial charge on any atom is 0.0991 e. The second-order valence-corrected chi connectivity index (χ2v) is 7.29. The summed E-state index contributed by atoms with van der Waals surface area (Å²) in [6, 6.07) is 18.4. The molecule has 158 valence electrons. The van der Waals surface area contributed by atoms with E-state index in [0.717, 1.165) is 43.7 Å². The lowest BCUT2D eigenvalue weighted by Crippen LogP contribution is -2.44. The number of hydrogen-bond acceptors (Lipinski definition) is 4.